The van der Waals surface area contributed by atoms with Crippen molar-refractivity contribution in [3.05, 3.63) is 23.8 Å². The normalized spacial score (nSPS) is 22.7. The van der Waals surface area contributed by atoms with E-state index in [1.807, 2.05) is 6.07 Å². The topological polar surface area (TPSA) is 30.9 Å². The molecule has 0 saturated carbocycles. The lowest BCUT2D eigenvalue weighted by Crippen LogP contribution is -2.21. The third-order valence-corrected chi connectivity index (χ3v) is 3.79. The monoisotopic (exact) mass is 263 g/mol. The van der Waals surface area contributed by atoms with Gasteiger partial charge in [0, 0.05) is 20.2 Å². The lowest BCUT2D eigenvalue weighted by molar-refractivity contribution is 0.152. The second-order valence-electron chi connectivity index (χ2n) is 5.32. The number of nitrogens with zero attached hydrogens (tertiary/aromatic N) is 1. The van der Waals surface area contributed by atoms with E-state index in [0.29, 0.717) is 19.1 Å². The molecule has 4 heteroatoms. The average Bonchev–Trinajstić information content (AvgIpc) is 2.86. The van der Waals surface area contributed by atoms with E-state index in [2.05, 4.69) is 17.0 Å². The minimum absolute atomic E-state index is 0.649. The van der Waals surface area contributed by atoms with E-state index in [1.165, 1.54) is 12.0 Å². The van der Waals surface area contributed by atoms with E-state index in [9.17, 15) is 0 Å². The molecule has 0 spiro atoms. The Labute approximate surface area is 114 Å². The molecule has 0 N–H and O–H groups in total. The summed E-state index contributed by atoms with van der Waals surface area (Å²) in [6, 6.07) is 6.27. The second kappa shape index (κ2) is 5.80. The molecule has 1 unspecified atom stereocenters. The fourth-order valence-electron chi connectivity index (χ4n) is 2.87. The van der Waals surface area contributed by atoms with Crippen LogP contribution in [0.3, 0.4) is 0 Å². The minimum atomic E-state index is 0.649. The Morgan fingerprint density at radius 2 is 2.11 bits per heavy atom. The Bertz CT molecular complexity index is 435. The Hall–Kier alpha value is -1.26. The zero-order valence-corrected chi connectivity index (χ0v) is 11.4. The van der Waals surface area contributed by atoms with Gasteiger partial charge in [0.15, 0.2) is 11.5 Å². The van der Waals surface area contributed by atoms with Gasteiger partial charge in [-0.05, 0) is 36.6 Å². The molecule has 4 nitrogen and oxygen atoms in total. The standard InChI is InChI=1S/C15H21NO3/c1-17-11-13-4-5-16(10-13)9-12-2-3-14-15(8-12)19-7-6-18-14/h2-3,8,13H,4-7,9-11H2,1H3. The maximum absolute atomic E-state index is 5.62. The summed E-state index contributed by atoms with van der Waals surface area (Å²) < 4.78 is 16.4. The maximum Gasteiger partial charge on any atom is 0.161 e. The van der Waals surface area contributed by atoms with Gasteiger partial charge in [-0.15, -0.1) is 0 Å². The molecule has 0 aliphatic carbocycles. The van der Waals surface area contributed by atoms with Gasteiger partial charge in [-0.25, -0.2) is 0 Å². The molecule has 0 bridgehead atoms. The van der Waals surface area contributed by atoms with Gasteiger partial charge in [0.2, 0.25) is 0 Å². The molecular weight excluding hydrogens is 242 g/mol. The van der Waals surface area contributed by atoms with Crippen molar-refractivity contribution in [1.29, 1.82) is 0 Å². The molecular formula is C15H21NO3. The second-order valence-corrected chi connectivity index (χ2v) is 5.32. The molecule has 0 radical (unpaired) electrons. The van der Waals surface area contributed by atoms with Gasteiger partial charge in [-0.3, -0.25) is 4.90 Å². The van der Waals surface area contributed by atoms with Gasteiger partial charge < -0.3 is 14.2 Å². The molecule has 2 aliphatic heterocycles. The first-order valence-corrected chi connectivity index (χ1v) is 6.95. The third kappa shape index (κ3) is 3.01. The van der Waals surface area contributed by atoms with Crippen LogP contribution in [-0.4, -0.2) is 44.9 Å². The van der Waals surface area contributed by atoms with E-state index in [4.69, 9.17) is 14.2 Å². The van der Waals surface area contributed by atoms with Crippen molar-refractivity contribution < 1.29 is 14.2 Å². The zero-order valence-electron chi connectivity index (χ0n) is 11.4. The van der Waals surface area contributed by atoms with Crippen molar-refractivity contribution in [3.8, 4) is 11.5 Å². The van der Waals surface area contributed by atoms with Gasteiger partial charge in [-0.1, -0.05) is 6.07 Å². The summed E-state index contributed by atoms with van der Waals surface area (Å²) in [5.74, 6) is 2.44. The molecule has 0 amide bonds. The van der Waals surface area contributed by atoms with Crippen molar-refractivity contribution in [2.24, 2.45) is 5.92 Å². The number of hydrogen-bond donors (Lipinski definition) is 0. The molecule has 0 aromatic heterocycles. The SMILES string of the molecule is COCC1CCN(Cc2ccc3c(c2)OCCO3)C1. The van der Waals surface area contributed by atoms with E-state index >= 15 is 0 Å². The first kappa shape index (κ1) is 12.8. The molecule has 3 rings (SSSR count). The van der Waals surface area contributed by atoms with Gasteiger partial charge in [0.1, 0.15) is 13.2 Å². The maximum atomic E-state index is 5.62. The highest BCUT2D eigenvalue weighted by Crippen LogP contribution is 2.31. The number of hydrogen-bond acceptors (Lipinski definition) is 4. The van der Waals surface area contributed by atoms with E-state index < -0.39 is 0 Å². The van der Waals surface area contributed by atoms with Crippen molar-refractivity contribution in [1.82, 2.24) is 4.90 Å². The largest absolute Gasteiger partial charge is 0.486 e. The highest BCUT2D eigenvalue weighted by atomic mass is 16.6. The van der Waals surface area contributed by atoms with Crippen LogP contribution in [0.4, 0.5) is 0 Å². The van der Waals surface area contributed by atoms with Crippen molar-refractivity contribution in [3.63, 3.8) is 0 Å². The number of ether oxygens (including phenoxy) is 3. The van der Waals surface area contributed by atoms with Gasteiger partial charge in [0.05, 0.1) is 6.61 Å². The van der Waals surface area contributed by atoms with Crippen LogP contribution in [0.2, 0.25) is 0 Å². The third-order valence-electron chi connectivity index (χ3n) is 3.79. The lowest BCUT2D eigenvalue weighted by atomic mass is 10.1. The number of rotatable bonds is 4. The Morgan fingerprint density at radius 3 is 2.95 bits per heavy atom. The summed E-state index contributed by atoms with van der Waals surface area (Å²) >= 11 is 0. The quantitative estimate of drug-likeness (QED) is 0.830. The van der Waals surface area contributed by atoms with Crippen LogP contribution >= 0.6 is 0 Å². The summed E-state index contributed by atoms with van der Waals surface area (Å²) in [4.78, 5) is 2.48. The predicted octanol–water partition coefficient (Wildman–Crippen LogP) is 1.93. The number of methoxy groups -OCH3 is 1. The highest BCUT2D eigenvalue weighted by molar-refractivity contribution is 5.43. The lowest BCUT2D eigenvalue weighted by Gasteiger charge is -2.21. The van der Waals surface area contributed by atoms with Crippen LogP contribution in [0.15, 0.2) is 18.2 Å². The van der Waals surface area contributed by atoms with Crippen molar-refractivity contribution in [2.75, 3.05) is 40.0 Å². The summed E-state index contributed by atoms with van der Waals surface area (Å²) in [5, 5.41) is 0. The number of likely N-dealkylation sites (tertiary alicyclic amines) is 1. The van der Waals surface area contributed by atoms with Crippen LogP contribution in [0, 0.1) is 5.92 Å². The minimum Gasteiger partial charge on any atom is -0.486 e. The summed E-state index contributed by atoms with van der Waals surface area (Å²) in [6.07, 6.45) is 1.23. The fraction of sp³-hybridized carbons (Fsp3) is 0.600. The zero-order chi connectivity index (χ0) is 13.1. The Morgan fingerprint density at radius 1 is 1.26 bits per heavy atom. The highest BCUT2D eigenvalue weighted by Gasteiger charge is 2.22. The smallest absolute Gasteiger partial charge is 0.161 e. The molecule has 2 aliphatic rings. The van der Waals surface area contributed by atoms with E-state index in [1.54, 1.807) is 7.11 Å². The van der Waals surface area contributed by atoms with Crippen LogP contribution in [0.25, 0.3) is 0 Å². The molecule has 1 aromatic rings. The summed E-state index contributed by atoms with van der Waals surface area (Å²) in [5.41, 5.74) is 1.29. The van der Waals surface area contributed by atoms with Crippen LogP contribution < -0.4 is 9.47 Å². The van der Waals surface area contributed by atoms with Crippen LogP contribution in [0.5, 0.6) is 11.5 Å². The molecule has 1 aromatic carbocycles. The summed E-state index contributed by atoms with van der Waals surface area (Å²) in [6.45, 7) is 5.44. The van der Waals surface area contributed by atoms with E-state index in [0.717, 1.165) is 37.7 Å². The predicted molar refractivity (Wildman–Crippen MR) is 72.7 cm³/mol. The fourth-order valence-corrected chi connectivity index (χ4v) is 2.87. The molecule has 1 fully saturated rings. The first-order valence-electron chi connectivity index (χ1n) is 6.95. The van der Waals surface area contributed by atoms with Gasteiger partial charge >= 0.3 is 0 Å². The van der Waals surface area contributed by atoms with Crippen molar-refractivity contribution in [2.45, 2.75) is 13.0 Å². The Kier molecular flexibility index (Phi) is 3.89. The van der Waals surface area contributed by atoms with Gasteiger partial charge in [0.25, 0.3) is 0 Å². The molecule has 2 heterocycles. The molecule has 19 heavy (non-hydrogen) atoms. The Balaban J connectivity index is 1.61. The van der Waals surface area contributed by atoms with Crippen LogP contribution in [0.1, 0.15) is 12.0 Å². The molecule has 104 valence electrons. The average molecular weight is 263 g/mol. The number of fused-ring (bicyclic) bond motifs is 1. The van der Waals surface area contributed by atoms with Crippen molar-refractivity contribution >= 4 is 0 Å². The number of benzene rings is 1. The summed E-state index contributed by atoms with van der Waals surface area (Å²) in [7, 11) is 1.78. The molecule has 1 saturated heterocycles. The molecule has 1 atom stereocenters. The van der Waals surface area contributed by atoms with Crippen LogP contribution in [-0.2, 0) is 11.3 Å². The van der Waals surface area contributed by atoms with E-state index in [-0.39, 0.29) is 0 Å². The van der Waals surface area contributed by atoms with Gasteiger partial charge in [-0.2, -0.15) is 0 Å². The first-order chi connectivity index (χ1) is 9.35.